The van der Waals surface area contributed by atoms with Crippen molar-refractivity contribution in [3.63, 3.8) is 0 Å². The maximum atomic E-state index is 14.1. The number of nitrogens with one attached hydrogen (secondary N) is 1. The highest BCUT2D eigenvalue weighted by atomic mass is 79.9. The molecule has 1 aliphatic carbocycles. The van der Waals surface area contributed by atoms with Gasteiger partial charge >= 0.3 is 5.97 Å². The van der Waals surface area contributed by atoms with Crippen LogP contribution >= 0.6 is 27.7 Å². The zero-order chi connectivity index (χ0) is 34.3. The minimum absolute atomic E-state index is 0.206. The average Bonchev–Trinajstić information content (AvgIpc) is 3.81. The van der Waals surface area contributed by atoms with E-state index in [1.54, 1.807) is 39.2 Å². The van der Waals surface area contributed by atoms with Crippen LogP contribution in [0.25, 0.3) is 22.8 Å². The highest BCUT2D eigenvalue weighted by molar-refractivity contribution is 9.10. The summed E-state index contributed by atoms with van der Waals surface area (Å²) in [5, 5.41) is 12.1. The normalized spacial score (nSPS) is 14.9. The third-order valence-electron chi connectivity index (χ3n) is 9.10. The van der Waals surface area contributed by atoms with Crippen LogP contribution in [0, 0.1) is 6.92 Å². The fraction of sp³-hybridized carbons (Fsp3) is 0.257. The molecule has 0 unspecified atom stereocenters. The molecule has 0 atom stereocenters. The molecule has 0 saturated heterocycles. The van der Waals surface area contributed by atoms with Crippen LogP contribution in [0.4, 0.5) is 11.4 Å². The van der Waals surface area contributed by atoms with Crippen LogP contribution in [-0.2, 0) is 26.2 Å². The molecule has 2 aliphatic rings. The number of hydrogen-bond acceptors (Lipinski definition) is 8. The van der Waals surface area contributed by atoms with Gasteiger partial charge in [-0.2, -0.15) is 0 Å². The van der Waals surface area contributed by atoms with Gasteiger partial charge in [-0.05, 0) is 50.1 Å². The molecule has 12 nitrogen and oxygen atoms in total. The molecule has 3 heterocycles. The Labute approximate surface area is 294 Å². The van der Waals surface area contributed by atoms with Gasteiger partial charge in [-0.3, -0.25) is 33.3 Å². The summed E-state index contributed by atoms with van der Waals surface area (Å²) in [6, 6.07) is 23.9. The van der Waals surface area contributed by atoms with Gasteiger partial charge in [0.2, 0.25) is 0 Å². The summed E-state index contributed by atoms with van der Waals surface area (Å²) in [5.41, 5.74) is 2.22. The number of ether oxygens (including phenoxy) is 1. The topological polar surface area (TPSA) is 133 Å². The molecule has 1 saturated carbocycles. The number of benzene rings is 3. The Bertz CT molecular complexity index is 2150. The van der Waals surface area contributed by atoms with Crippen LogP contribution in [0.2, 0.25) is 0 Å². The molecular weight excluding hydrogens is 710 g/mol. The minimum atomic E-state index is -1.01. The predicted molar refractivity (Wildman–Crippen MR) is 189 cm³/mol. The summed E-state index contributed by atoms with van der Waals surface area (Å²) >= 11 is 4.64. The van der Waals surface area contributed by atoms with Gasteiger partial charge in [0.25, 0.3) is 17.4 Å². The first kappa shape index (κ1) is 32.6. The molecule has 2 aromatic heterocycles. The standard InChI is InChI=1S/C35H32BrN7O5S/c1-22-30(32(46)43(40(22)2)23-12-4-3-5-13-23)41-31(24-14-6-7-15-25(24)36)38-39-34(41)49-21-29(45)48-20-28(44)42-27-17-9-8-16-26(27)37-33(47)35(42)18-10-11-19-35/h3-9,12-17H,10-11,18-21H2,1-2H3,(H,37,47). The summed E-state index contributed by atoms with van der Waals surface area (Å²) in [5.74, 6) is -1.14. The summed E-state index contributed by atoms with van der Waals surface area (Å²) in [4.78, 5) is 55.7. The second-order valence-electron chi connectivity index (χ2n) is 11.9. The Hall–Kier alpha value is -4.95. The van der Waals surface area contributed by atoms with Gasteiger partial charge in [0, 0.05) is 17.1 Å². The number of rotatable bonds is 8. The number of halogens is 1. The number of anilines is 2. The summed E-state index contributed by atoms with van der Waals surface area (Å²) in [7, 11) is 1.80. The van der Waals surface area contributed by atoms with Crippen molar-refractivity contribution >= 4 is 56.9 Å². The van der Waals surface area contributed by atoms with E-state index in [2.05, 4.69) is 31.4 Å². The Kier molecular flexibility index (Phi) is 8.75. The van der Waals surface area contributed by atoms with E-state index < -0.39 is 24.0 Å². The molecule has 3 aromatic carbocycles. The van der Waals surface area contributed by atoms with E-state index in [1.807, 2.05) is 67.6 Å². The third kappa shape index (κ3) is 5.68. The highest BCUT2D eigenvalue weighted by Crippen LogP contribution is 2.45. The number of para-hydroxylation sites is 3. The molecule has 1 fully saturated rings. The van der Waals surface area contributed by atoms with Gasteiger partial charge in [-0.15, -0.1) is 10.2 Å². The predicted octanol–water partition coefficient (Wildman–Crippen LogP) is 5.43. The molecule has 2 amide bonds. The molecular formula is C35H32BrN7O5S. The van der Waals surface area contributed by atoms with Gasteiger partial charge in [0.1, 0.15) is 11.2 Å². The van der Waals surface area contributed by atoms with Crippen LogP contribution in [-0.4, -0.2) is 59.8 Å². The molecule has 5 aromatic rings. The molecule has 0 bridgehead atoms. The van der Waals surface area contributed by atoms with Gasteiger partial charge in [0.15, 0.2) is 17.6 Å². The van der Waals surface area contributed by atoms with Crippen molar-refractivity contribution in [1.82, 2.24) is 24.1 Å². The van der Waals surface area contributed by atoms with Crippen molar-refractivity contribution in [2.45, 2.75) is 43.3 Å². The van der Waals surface area contributed by atoms with Crippen LogP contribution < -0.4 is 15.8 Å². The van der Waals surface area contributed by atoms with E-state index in [0.717, 1.165) is 29.1 Å². The van der Waals surface area contributed by atoms with Gasteiger partial charge in [0.05, 0.1) is 28.5 Å². The van der Waals surface area contributed by atoms with E-state index in [1.165, 1.54) is 4.90 Å². The van der Waals surface area contributed by atoms with Crippen molar-refractivity contribution in [1.29, 1.82) is 0 Å². The van der Waals surface area contributed by atoms with E-state index >= 15 is 0 Å². The number of nitrogens with zero attached hydrogens (tertiary/aromatic N) is 6. The van der Waals surface area contributed by atoms with Crippen LogP contribution in [0.3, 0.4) is 0 Å². The fourth-order valence-electron chi connectivity index (χ4n) is 6.69. The molecule has 14 heteroatoms. The zero-order valence-corrected chi connectivity index (χ0v) is 29.2. The second-order valence-corrected chi connectivity index (χ2v) is 13.7. The number of aromatic nitrogens is 5. The summed E-state index contributed by atoms with van der Waals surface area (Å²) in [6.45, 7) is 1.31. The Morgan fingerprint density at radius 1 is 0.959 bits per heavy atom. The van der Waals surface area contributed by atoms with Crippen LogP contribution in [0.15, 0.2) is 93.3 Å². The van der Waals surface area contributed by atoms with E-state index in [9.17, 15) is 19.2 Å². The lowest BCUT2D eigenvalue weighted by molar-refractivity contribution is -0.145. The zero-order valence-electron chi connectivity index (χ0n) is 26.8. The lowest BCUT2D eigenvalue weighted by Crippen LogP contribution is -2.61. The van der Waals surface area contributed by atoms with Crippen LogP contribution in [0.5, 0.6) is 0 Å². The fourth-order valence-corrected chi connectivity index (χ4v) is 7.89. The maximum Gasteiger partial charge on any atom is 0.316 e. The molecule has 1 aliphatic heterocycles. The van der Waals surface area contributed by atoms with Crippen molar-refractivity contribution in [3.8, 4) is 22.8 Å². The molecule has 250 valence electrons. The number of hydrogen-bond donors (Lipinski definition) is 1. The van der Waals surface area contributed by atoms with E-state index in [4.69, 9.17) is 4.74 Å². The van der Waals surface area contributed by atoms with Crippen molar-refractivity contribution in [2.24, 2.45) is 7.05 Å². The first-order chi connectivity index (χ1) is 23.7. The van der Waals surface area contributed by atoms with Gasteiger partial charge in [-0.1, -0.05) is 89.1 Å². The lowest BCUT2D eigenvalue weighted by Gasteiger charge is -2.44. The smallest absolute Gasteiger partial charge is 0.316 e. The number of amides is 2. The van der Waals surface area contributed by atoms with Gasteiger partial charge < -0.3 is 10.1 Å². The molecule has 1 N–H and O–H groups in total. The molecule has 49 heavy (non-hydrogen) atoms. The minimum Gasteiger partial charge on any atom is -0.455 e. The SMILES string of the molecule is Cc1c(-n2c(SCC(=O)OCC(=O)N3c4ccccc4NC(=O)C34CCCC4)nnc2-c2ccccc2Br)c(=O)n(-c2ccccc2)n1C. The Balaban J connectivity index is 1.16. The Morgan fingerprint density at radius 2 is 1.65 bits per heavy atom. The number of carbonyl (C=O) groups is 3. The number of carbonyl (C=O) groups excluding carboxylic acids is 3. The van der Waals surface area contributed by atoms with Crippen LogP contribution in [0.1, 0.15) is 31.4 Å². The van der Waals surface area contributed by atoms with E-state index in [0.29, 0.717) is 57.8 Å². The summed E-state index contributed by atoms with van der Waals surface area (Å²) in [6.07, 6.45) is 2.69. The monoisotopic (exact) mass is 741 g/mol. The van der Waals surface area contributed by atoms with E-state index in [-0.39, 0.29) is 17.2 Å². The second kappa shape index (κ2) is 13.2. The van der Waals surface area contributed by atoms with Crippen molar-refractivity contribution < 1.29 is 19.1 Å². The first-order valence-electron chi connectivity index (χ1n) is 15.8. The van der Waals surface area contributed by atoms with Crippen molar-refractivity contribution in [2.75, 3.05) is 22.6 Å². The number of thioether (sulfide) groups is 1. The molecule has 0 radical (unpaired) electrons. The van der Waals surface area contributed by atoms with Crippen molar-refractivity contribution in [3.05, 3.63) is 99.4 Å². The molecule has 7 rings (SSSR count). The summed E-state index contributed by atoms with van der Waals surface area (Å²) < 4.78 is 11.2. The lowest BCUT2D eigenvalue weighted by atomic mass is 9.90. The number of fused-ring (bicyclic) bond motifs is 1. The average molecular weight is 743 g/mol. The first-order valence-corrected chi connectivity index (χ1v) is 17.6. The quantitative estimate of drug-likeness (QED) is 0.165. The largest absolute Gasteiger partial charge is 0.455 e. The highest BCUT2D eigenvalue weighted by Gasteiger charge is 2.52. The molecule has 1 spiro atoms. The number of esters is 1. The Morgan fingerprint density at radius 3 is 2.41 bits per heavy atom. The van der Waals surface area contributed by atoms with Gasteiger partial charge in [-0.25, -0.2) is 4.68 Å². The maximum absolute atomic E-state index is 14.1. The third-order valence-corrected chi connectivity index (χ3v) is 10.7.